The molecule has 1 aromatic rings. The fourth-order valence-electron chi connectivity index (χ4n) is 2.25. The smallest absolute Gasteiger partial charge is 0.744 e. The molecule has 0 aliphatic heterocycles. The minimum atomic E-state index is -4.69. The Labute approximate surface area is 159 Å². The van der Waals surface area contributed by atoms with Crippen LogP contribution in [0, 0.1) is 11.3 Å². The molecule has 0 saturated carbocycles. The monoisotopic (exact) mass is 352 g/mol. The molecule has 8 heteroatoms. The van der Waals surface area contributed by atoms with Crippen molar-refractivity contribution in [2.24, 2.45) is 11.3 Å². The summed E-state index contributed by atoms with van der Waals surface area (Å²) in [5.41, 5.74) is 0.0871. The van der Waals surface area contributed by atoms with Crippen LogP contribution in [0.2, 0.25) is 0 Å². The van der Waals surface area contributed by atoms with E-state index in [1.54, 1.807) is 0 Å². The molecule has 0 aliphatic carbocycles. The van der Waals surface area contributed by atoms with Crippen molar-refractivity contribution in [2.75, 3.05) is 0 Å². The van der Waals surface area contributed by atoms with Crippen molar-refractivity contribution in [1.82, 2.24) is 0 Å². The van der Waals surface area contributed by atoms with E-state index < -0.39 is 21.0 Å². The molecule has 0 spiro atoms. The molecule has 1 rings (SSSR count). The first-order chi connectivity index (χ1) is 9.99. The molecule has 0 saturated heterocycles. The topological polar surface area (TPSA) is 92.7 Å². The molecule has 0 bridgehead atoms. The zero-order valence-corrected chi connectivity index (χ0v) is 17.0. The van der Waals surface area contributed by atoms with Crippen LogP contribution in [0.4, 0.5) is 0 Å². The number of rotatable bonds is 6. The van der Waals surface area contributed by atoms with Gasteiger partial charge in [0.25, 0.3) is 0 Å². The summed E-state index contributed by atoms with van der Waals surface area (Å²) in [5, 5.41) is 0. The molecular formula is C15H21NaO6S. The van der Waals surface area contributed by atoms with E-state index >= 15 is 0 Å². The molecule has 1 atom stereocenters. The number of benzene rings is 1. The number of para-hydroxylation sites is 1. The number of carbonyl (C=O) groups excluding carboxylic acids is 1. The molecule has 0 N–H and O–H groups in total. The summed E-state index contributed by atoms with van der Waals surface area (Å²) in [4.78, 5) is 20.5. The van der Waals surface area contributed by atoms with E-state index in [4.69, 9.17) is 4.89 Å². The minimum Gasteiger partial charge on any atom is -0.744 e. The van der Waals surface area contributed by atoms with Crippen LogP contribution in [0.5, 0.6) is 5.75 Å². The van der Waals surface area contributed by atoms with Crippen molar-refractivity contribution in [3.05, 3.63) is 24.3 Å². The third kappa shape index (κ3) is 8.72. The Balaban J connectivity index is 0.00000484. The van der Waals surface area contributed by atoms with E-state index in [1.165, 1.54) is 18.2 Å². The second-order valence-corrected chi connectivity index (χ2v) is 7.86. The molecule has 0 aliphatic rings. The van der Waals surface area contributed by atoms with Crippen LogP contribution in [-0.4, -0.2) is 18.9 Å². The fourth-order valence-corrected chi connectivity index (χ4v) is 2.85. The summed E-state index contributed by atoms with van der Waals surface area (Å²) >= 11 is 0. The maximum absolute atomic E-state index is 11.7. The quantitative estimate of drug-likeness (QED) is 0.307. The van der Waals surface area contributed by atoms with Crippen LogP contribution in [0.3, 0.4) is 0 Å². The van der Waals surface area contributed by atoms with Crippen LogP contribution in [0.25, 0.3) is 0 Å². The Morgan fingerprint density at radius 1 is 1.26 bits per heavy atom. The van der Waals surface area contributed by atoms with Gasteiger partial charge in [-0.3, -0.25) is 9.78 Å². The Morgan fingerprint density at radius 2 is 1.83 bits per heavy atom. The van der Waals surface area contributed by atoms with Gasteiger partial charge in [0.2, 0.25) is 0 Å². The average molecular weight is 352 g/mol. The third-order valence-corrected chi connectivity index (χ3v) is 3.69. The number of carbonyl (C=O) groups is 1. The van der Waals surface area contributed by atoms with Crippen molar-refractivity contribution in [2.45, 2.75) is 45.4 Å². The van der Waals surface area contributed by atoms with Crippen molar-refractivity contribution in [1.29, 1.82) is 0 Å². The van der Waals surface area contributed by atoms with Crippen LogP contribution in [-0.2, 0) is 19.8 Å². The second kappa shape index (κ2) is 9.03. The van der Waals surface area contributed by atoms with Crippen LogP contribution >= 0.6 is 0 Å². The van der Waals surface area contributed by atoms with E-state index in [0.717, 1.165) is 12.5 Å². The van der Waals surface area contributed by atoms with Gasteiger partial charge in [0.1, 0.15) is 15.0 Å². The number of hydrogen-bond donors (Lipinski definition) is 0. The van der Waals surface area contributed by atoms with Gasteiger partial charge < -0.3 is 4.55 Å². The van der Waals surface area contributed by atoms with Crippen molar-refractivity contribution >= 4 is 16.1 Å². The van der Waals surface area contributed by atoms with Crippen molar-refractivity contribution < 1.29 is 57.1 Å². The molecule has 0 heterocycles. The van der Waals surface area contributed by atoms with Gasteiger partial charge in [0, 0.05) is 0 Å². The van der Waals surface area contributed by atoms with Gasteiger partial charge in [-0.05, 0) is 29.9 Å². The summed E-state index contributed by atoms with van der Waals surface area (Å²) in [5.74, 6) is -0.821. The summed E-state index contributed by atoms with van der Waals surface area (Å²) in [6, 6.07) is 5.19. The van der Waals surface area contributed by atoms with Gasteiger partial charge in [-0.25, -0.2) is 13.2 Å². The van der Waals surface area contributed by atoms with Gasteiger partial charge in [-0.2, -0.15) is 0 Å². The summed E-state index contributed by atoms with van der Waals surface area (Å²) in [7, 11) is -4.69. The maximum Gasteiger partial charge on any atom is 1.00 e. The summed E-state index contributed by atoms with van der Waals surface area (Å²) in [6.07, 6.45) is 0.969. The molecular weight excluding hydrogens is 331 g/mol. The standard InChI is InChI=1S/C15H22O6S.Na/c1-11(10-15(2,3)4)9-14(16)21-20-12-7-5-6-8-13(12)22(17,18)19;/h5-8,11H,9-10H2,1-4H3,(H,17,18,19);/q;+1/p-1. The molecule has 1 unspecified atom stereocenters. The Morgan fingerprint density at radius 3 is 2.35 bits per heavy atom. The van der Waals surface area contributed by atoms with E-state index in [-0.39, 0.29) is 53.1 Å². The van der Waals surface area contributed by atoms with Crippen LogP contribution < -0.4 is 34.4 Å². The fraction of sp³-hybridized carbons (Fsp3) is 0.533. The normalized spacial score (nSPS) is 12.9. The van der Waals surface area contributed by atoms with Gasteiger partial charge in [-0.1, -0.05) is 39.8 Å². The first kappa shape index (κ1) is 22.4. The van der Waals surface area contributed by atoms with Gasteiger partial charge in [0.05, 0.1) is 6.42 Å². The molecule has 0 amide bonds. The van der Waals surface area contributed by atoms with Crippen molar-refractivity contribution in [3.63, 3.8) is 0 Å². The van der Waals surface area contributed by atoms with E-state index in [2.05, 4.69) is 25.7 Å². The zero-order valence-electron chi connectivity index (χ0n) is 14.2. The largest absolute Gasteiger partial charge is 1.00 e. The van der Waals surface area contributed by atoms with Crippen LogP contribution in [0.1, 0.15) is 40.5 Å². The first-order valence-electron chi connectivity index (χ1n) is 6.91. The molecule has 6 nitrogen and oxygen atoms in total. The summed E-state index contributed by atoms with van der Waals surface area (Å²) < 4.78 is 33.2. The maximum atomic E-state index is 11.7. The molecule has 0 aromatic heterocycles. The second-order valence-electron chi connectivity index (χ2n) is 6.51. The van der Waals surface area contributed by atoms with Gasteiger partial charge in [0.15, 0.2) is 5.75 Å². The number of hydrogen-bond acceptors (Lipinski definition) is 6. The van der Waals surface area contributed by atoms with E-state index in [0.29, 0.717) is 0 Å². The first-order valence-corrected chi connectivity index (χ1v) is 8.32. The van der Waals surface area contributed by atoms with Gasteiger partial charge in [-0.15, -0.1) is 0 Å². The molecule has 124 valence electrons. The Bertz CT molecular complexity index is 621. The molecule has 1 aromatic carbocycles. The summed E-state index contributed by atoms with van der Waals surface area (Å²) in [6.45, 7) is 8.13. The third-order valence-electron chi connectivity index (χ3n) is 2.82. The average Bonchev–Trinajstić information content (AvgIpc) is 2.33. The van der Waals surface area contributed by atoms with Gasteiger partial charge >= 0.3 is 35.5 Å². The zero-order chi connectivity index (χ0) is 17.0. The SMILES string of the molecule is CC(CC(=O)OOc1ccccc1S(=O)(=O)[O-])CC(C)(C)C.[Na+]. The Kier molecular flexibility index (Phi) is 8.80. The van der Waals surface area contributed by atoms with Crippen molar-refractivity contribution in [3.8, 4) is 5.75 Å². The molecule has 0 radical (unpaired) electrons. The Hall–Kier alpha value is -0.600. The van der Waals surface area contributed by atoms with E-state index in [9.17, 15) is 17.8 Å². The molecule has 23 heavy (non-hydrogen) atoms. The predicted molar refractivity (Wildman–Crippen MR) is 79.0 cm³/mol. The minimum absolute atomic E-state index is 0. The van der Waals surface area contributed by atoms with Crippen LogP contribution in [0.15, 0.2) is 29.2 Å². The molecule has 0 fully saturated rings. The predicted octanol–water partition coefficient (Wildman–Crippen LogP) is -0.106. The van der Waals surface area contributed by atoms with E-state index in [1.807, 2.05) is 6.92 Å².